The Morgan fingerprint density at radius 2 is 1.54 bits per heavy atom. The number of nitrogens with one attached hydrogen (secondary N) is 3. The van der Waals surface area contributed by atoms with Crippen LogP contribution in [0.15, 0.2) is 48.5 Å². The van der Waals surface area contributed by atoms with Gasteiger partial charge >= 0.3 is 0 Å². The molecular formula is C32H43N5O11. The normalized spacial score (nSPS) is 15.1. The minimum absolute atomic E-state index is 0.158. The van der Waals surface area contributed by atoms with Gasteiger partial charge in [0.15, 0.2) is 5.88 Å². The number of aliphatic hydroxyl groups excluding tert-OH is 5. The molecular weight excluding hydrogens is 630 g/mol. The molecule has 0 saturated carbocycles. The predicted molar refractivity (Wildman–Crippen MR) is 172 cm³/mol. The molecule has 6 atom stereocenters. The molecule has 0 aliphatic heterocycles. The molecule has 10 N–H and O–H groups in total. The Balaban J connectivity index is 1.64. The van der Waals surface area contributed by atoms with E-state index in [4.69, 9.17) is 5.11 Å². The third-order valence-electron chi connectivity index (χ3n) is 7.98. The zero-order valence-corrected chi connectivity index (χ0v) is 26.8. The molecule has 16 heteroatoms. The minimum Gasteiger partial charge on any atom is -0.494 e. The molecule has 0 spiro atoms. The summed E-state index contributed by atoms with van der Waals surface area (Å²) in [6, 6.07) is 12.9. The topological polar surface area (TPSA) is 254 Å². The predicted octanol–water partition coefficient (Wildman–Crippen LogP) is -1.09. The van der Waals surface area contributed by atoms with Gasteiger partial charge in [-0.15, -0.1) is 0 Å². The number of likely N-dealkylation sites (N-methyl/N-ethyl adjacent to an activating group) is 2. The van der Waals surface area contributed by atoms with Gasteiger partial charge in [-0.25, -0.2) is 0 Å². The maximum Gasteiger partial charge on any atom is 0.243 e. The molecule has 0 aliphatic rings. The number of rotatable bonds is 16. The highest BCUT2D eigenvalue weighted by molar-refractivity contribution is 5.96. The Kier molecular flexibility index (Phi) is 13.3. The van der Waals surface area contributed by atoms with Gasteiger partial charge in [0.05, 0.1) is 13.0 Å². The van der Waals surface area contributed by atoms with Crippen molar-refractivity contribution in [1.82, 2.24) is 20.1 Å². The van der Waals surface area contributed by atoms with Crippen LogP contribution in [0.4, 0.5) is 5.69 Å². The third-order valence-corrected chi connectivity index (χ3v) is 7.98. The first kappa shape index (κ1) is 37.7. The van der Waals surface area contributed by atoms with E-state index in [1.165, 1.54) is 21.0 Å². The molecule has 2 aromatic carbocycles. The van der Waals surface area contributed by atoms with Gasteiger partial charge in [0.2, 0.25) is 29.5 Å². The first-order valence-electron chi connectivity index (χ1n) is 15.2. The second-order valence-electron chi connectivity index (χ2n) is 11.5. The molecule has 1 aromatic heterocycles. The van der Waals surface area contributed by atoms with Crippen molar-refractivity contribution in [2.45, 2.75) is 56.8 Å². The van der Waals surface area contributed by atoms with Crippen molar-refractivity contribution >= 4 is 40.1 Å². The van der Waals surface area contributed by atoms with Crippen LogP contribution in [0.1, 0.15) is 31.4 Å². The molecule has 0 radical (unpaired) electrons. The lowest BCUT2D eigenvalue weighted by molar-refractivity contribution is -0.140. The fourth-order valence-electron chi connectivity index (χ4n) is 5.08. The van der Waals surface area contributed by atoms with Crippen molar-refractivity contribution in [2.24, 2.45) is 5.92 Å². The van der Waals surface area contributed by atoms with Gasteiger partial charge in [-0.05, 0) is 16.3 Å². The number of carbonyl (C=O) groups excluding carboxylic acids is 4. The summed E-state index contributed by atoms with van der Waals surface area (Å²) in [5.41, 5.74) is 0.559. The number of hydrogen-bond donors (Lipinski definition) is 10. The van der Waals surface area contributed by atoms with Crippen molar-refractivity contribution in [1.29, 1.82) is 0 Å². The second kappa shape index (κ2) is 16.9. The van der Waals surface area contributed by atoms with Gasteiger partial charge < -0.3 is 56.6 Å². The van der Waals surface area contributed by atoms with E-state index in [0.717, 1.165) is 31.9 Å². The van der Waals surface area contributed by atoms with Gasteiger partial charge in [0, 0.05) is 45.6 Å². The number of carbonyl (C=O) groups is 4. The van der Waals surface area contributed by atoms with E-state index in [1.807, 2.05) is 42.5 Å². The van der Waals surface area contributed by atoms with E-state index < -0.39 is 97.8 Å². The molecule has 6 unspecified atom stereocenters. The standard InChI is InChI=1S/C32H43N5O11/c1-17(11-26(42)36(3)15-23(39)28(44)29(45)24(40)16-38)30(46)35-21-12-27(43)37(32(21)48)22(31(47)33-2)13-25(41)34-14-19-9-6-8-18-7-4-5-10-20(18)19/h4-10,12,17,22-24,28-29,38-40,43-45,48H,11,13-16H2,1-3H3,(H,33,47)(H,34,41)(H,35,46). The highest BCUT2D eigenvalue weighted by Gasteiger charge is 2.33. The average Bonchev–Trinajstić information content (AvgIpc) is 3.35. The van der Waals surface area contributed by atoms with Crippen LogP contribution in [-0.4, -0.2) is 121 Å². The fraction of sp³-hybridized carbons (Fsp3) is 0.438. The maximum atomic E-state index is 13.0. The number of anilines is 1. The van der Waals surface area contributed by atoms with Gasteiger partial charge in [-0.1, -0.05) is 49.4 Å². The molecule has 0 saturated heterocycles. The Labute approximate surface area is 276 Å². The number of fused-ring (bicyclic) bond motifs is 1. The number of aromatic nitrogens is 1. The van der Waals surface area contributed by atoms with Crippen LogP contribution in [0.3, 0.4) is 0 Å². The summed E-state index contributed by atoms with van der Waals surface area (Å²) in [6.45, 7) is 0.218. The lowest BCUT2D eigenvalue weighted by atomic mass is 10.0. The van der Waals surface area contributed by atoms with Crippen LogP contribution in [-0.2, 0) is 25.7 Å². The Morgan fingerprint density at radius 1 is 0.896 bits per heavy atom. The maximum absolute atomic E-state index is 13.0. The van der Waals surface area contributed by atoms with Crippen LogP contribution in [0.5, 0.6) is 11.8 Å². The molecule has 48 heavy (non-hydrogen) atoms. The van der Waals surface area contributed by atoms with Crippen molar-refractivity contribution in [2.75, 3.05) is 32.6 Å². The van der Waals surface area contributed by atoms with E-state index in [-0.39, 0.29) is 12.2 Å². The first-order chi connectivity index (χ1) is 22.7. The fourth-order valence-corrected chi connectivity index (χ4v) is 5.08. The van der Waals surface area contributed by atoms with E-state index in [2.05, 4.69) is 16.0 Å². The molecule has 0 fully saturated rings. The van der Waals surface area contributed by atoms with Gasteiger partial charge in [0.25, 0.3) is 0 Å². The first-order valence-corrected chi connectivity index (χ1v) is 15.2. The molecule has 16 nitrogen and oxygen atoms in total. The summed E-state index contributed by atoms with van der Waals surface area (Å²) in [4.78, 5) is 52.4. The van der Waals surface area contributed by atoms with E-state index in [0.29, 0.717) is 0 Å². The molecule has 0 aliphatic carbocycles. The minimum atomic E-state index is -1.88. The third kappa shape index (κ3) is 9.20. The monoisotopic (exact) mass is 673 g/mol. The molecule has 0 bridgehead atoms. The molecule has 3 aromatic rings. The zero-order valence-electron chi connectivity index (χ0n) is 26.8. The smallest absolute Gasteiger partial charge is 0.243 e. The molecule has 3 rings (SSSR count). The highest BCUT2D eigenvalue weighted by atomic mass is 16.4. The van der Waals surface area contributed by atoms with E-state index in [9.17, 15) is 49.8 Å². The Hall–Kier alpha value is -4.74. The van der Waals surface area contributed by atoms with Crippen LogP contribution in [0.2, 0.25) is 0 Å². The van der Waals surface area contributed by atoms with Crippen LogP contribution < -0.4 is 16.0 Å². The number of benzene rings is 2. The number of hydrogen-bond acceptors (Lipinski definition) is 11. The number of nitrogens with zero attached hydrogens (tertiary/aromatic N) is 2. The summed E-state index contributed by atoms with van der Waals surface area (Å²) in [5.74, 6) is -5.00. The Bertz CT molecular complexity index is 1590. The summed E-state index contributed by atoms with van der Waals surface area (Å²) in [5, 5.41) is 79.3. The quantitative estimate of drug-likeness (QED) is 0.0874. The molecule has 1 heterocycles. The zero-order chi connectivity index (χ0) is 35.7. The molecule has 4 amide bonds. The highest BCUT2D eigenvalue weighted by Crippen LogP contribution is 2.37. The number of aromatic hydroxyl groups is 2. The van der Waals surface area contributed by atoms with Crippen LogP contribution in [0.25, 0.3) is 10.8 Å². The van der Waals surface area contributed by atoms with Gasteiger partial charge in [0.1, 0.15) is 36.1 Å². The lowest BCUT2D eigenvalue weighted by Gasteiger charge is -2.29. The second-order valence-corrected chi connectivity index (χ2v) is 11.5. The van der Waals surface area contributed by atoms with Crippen molar-refractivity contribution in [3.8, 4) is 11.8 Å². The Morgan fingerprint density at radius 3 is 2.21 bits per heavy atom. The lowest BCUT2D eigenvalue weighted by Crippen LogP contribution is -2.50. The summed E-state index contributed by atoms with van der Waals surface area (Å²) >= 11 is 0. The average molecular weight is 674 g/mol. The van der Waals surface area contributed by atoms with Crippen LogP contribution in [0, 0.1) is 5.92 Å². The van der Waals surface area contributed by atoms with E-state index >= 15 is 0 Å². The number of aliphatic hydroxyl groups is 5. The van der Waals surface area contributed by atoms with Gasteiger partial charge in [-0.3, -0.25) is 23.7 Å². The van der Waals surface area contributed by atoms with Crippen molar-refractivity contribution in [3.05, 3.63) is 54.1 Å². The molecule has 262 valence electrons. The largest absolute Gasteiger partial charge is 0.494 e. The summed E-state index contributed by atoms with van der Waals surface area (Å²) < 4.78 is 0.796. The van der Waals surface area contributed by atoms with Crippen LogP contribution >= 0.6 is 0 Å². The SMILES string of the molecule is CNC(=O)C(CC(=O)NCc1cccc2ccccc12)n1c(O)cc(NC(=O)C(C)CC(=O)N(C)CC(O)C(O)C(O)C(O)CO)c1O. The summed E-state index contributed by atoms with van der Waals surface area (Å²) in [7, 11) is 2.60. The van der Waals surface area contributed by atoms with E-state index in [1.54, 1.807) is 0 Å². The summed E-state index contributed by atoms with van der Waals surface area (Å²) in [6.07, 6.45) is -8.01. The van der Waals surface area contributed by atoms with Gasteiger partial charge in [-0.2, -0.15) is 0 Å². The number of amides is 4. The van der Waals surface area contributed by atoms with Crippen molar-refractivity contribution in [3.63, 3.8) is 0 Å². The van der Waals surface area contributed by atoms with Crippen molar-refractivity contribution < 1.29 is 54.9 Å².